The van der Waals surface area contributed by atoms with Crippen molar-refractivity contribution in [2.75, 3.05) is 4.90 Å². The van der Waals surface area contributed by atoms with E-state index in [4.69, 9.17) is 4.42 Å². The van der Waals surface area contributed by atoms with Gasteiger partial charge >= 0.3 is 11.9 Å². The molecule has 0 radical (unpaired) electrons. The van der Waals surface area contributed by atoms with Gasteiger partial charge < -0.3 is 4.42 Å². The first-order valence-corrected chi connectivity index (χ1v) is 8.03. The van der Waals surface area contributed by atoms with Crippen molar-refractivity contribution in [2.24, 2.45) is 0 Å². The number of anilines is 1. The van der Waals surface area contributed by atoms with Gasteiger partial charge in [0.25, 0.3) is 11.8 Å². The van der Waals surface area contributed by atoms with Crippen LogP contribution in [0.25, 0.3) is 6.08 Å². The second-order valence-electron chi connectivity index (χ2n) is 6.14. The first-order valence-electron chi connectivity index (χ1n) is 8.03. The zero-order valence-corrected chi connectivity index (χ0v) is 14.5. The molecular formula is C18H15N3O6. The van der Waals surface area contributed by atoms with E-state index in [-0.39, 0.29) is 17.3 Å². The lowest BCUT2D eigenvalue weighted by atomic mass is 10.0. The highest BCUT2D eigenvalue weighted by atomic mass is 16.6. The van der Waals surface area contributed by atoms with Crippen LogP contribution in [0.1, 0.15) is 31.1 Å². The number of nitrogens with zero attached hydrogens (tertiary/aromatic N) is 2. The molecular weight excluding hydrogens is 354 g/mol. The van der Waals surface area contributed by atoms with Crippen LogP contribution in [0.5, 0.6) is 0 Å². The van der Waals surface area contributed by atoms with Gasteiger partial charge in [-0.25, -0.2) is 9.69 Å². The van der Waals surface area contributed by atoms with Crippen molar-refractivity contribution in [1.82, 2.24) is 5.32 Å². The molecule has 1 N–H and O–H groups in total. The Hall–Kier alpha value is -3.75. The number of benzene rings is 1. The van der Waals surface area contributed by atoms with Crippen LogP contribution in [0, 0.1) is 10.1 Å². The Bertz CT molecular complexity index is 971. The highest BCUT2D eigenvalue weighted by Gasteiger charge is 2.37. The molecule has 1 fully saturated rings. The van der Waals surface area contributed by atoms with Crippen molar-refractivity contribution in [2.45, 2.75) is 19.8 Å². The van der Waals surface area contributed by atoms with Gasteiger partial charge in [-0.3, -0.25) is 25.0 Å². The Morgan fingerprint density at radius 3 is 2.33 bits per heavy atom. The third-order valence-corrected chi connectivity index (χ3v) is 4.00. The molecule has 2 heterocycles. The standard InChI is InChI=1S/C18H15N3O6/c1-10(2)11-3-5-12(6-4-11)20-17(23)14(16(22)19-18(20)24)9-13-7-8-15(27-13)21(25)26/h3-10H,1-2H3,(H,19,22,24)/b14-9+. The summed E-state index contributed by atoms with van der Waals surface area (Å²) in [7, 11) is 0. The summed E-state index contributed by atoms with van der Waals surface area (Å²) < 4.78 is 4.94. The normalized spacial score (nSPS) is 16.2. The van der Waals surface area contributed by atoms with Gasteiger partial charge in [-0.1, -0.05) is 26.0 Å². The Balaban J connectivity index is 1.95. The van der Waals surface area contributed by atoms with E-state index < -0.39 is 28.7 Å². The van der Waals surface area contributed by atoms with Gasteiger partial charge in [0.15, 0.2) is 0 Å². The number of carbonyl (C=O) groups excluding carboxylic acids is 3. The average molecular weight is 369 g/mol. The monoisotopic (exact) mass is 369 g/mol. The molecule has 0 saturated carbocycles. The zero-order chi connectivity index (χ0) is 19.7. The van der Waals surface area contributed by atoms with Crippen LogP contribution >= 0.6 is 0 Å². The number of furan rings is 1. The van der Waals surface area contributed by atoms with Gasteiger partial charge in [0.2, 0.25) is 0 Å². The number of rotatable bonds is 4. The number of urea groups is 1. The van der Waals surface area contributed by atoms with Crippen LogP contribution < -0.4 is 10.2 Å². The SMILES string of the molecule is CC(C)c1ccc(N2C(=O)NC(=O)/C(=C\c3ccc([N+](=O)[O-])o3)C2=O)cc1. The number of hydrogen-bond donors (Lipinski definition) is 1. The number of nitro groups is 1. The van der Waals surface area contributed by atoms with E-state index in [1.807, 2.05) is 13.8 Å². The molecule has 1 aromatic carbocycles. The van der Waals surface area contributed by atoms with Crippen molar-refractivity contribution >= 4 is 35.5 Å². The fraction of sp³-hybridized carbons (Fsp3) is 0.167. The van der Waals surface area contributed by atoms with Gasteiger partial charge in [0.05, 0.1) is 11.8 Å². The summed E-state index contributed by atoms with van der Waals surface area (Å²) in [6.07, 6.45) is 1.06. The van der Waals surface area contributed by atoms with Crippen molar-refractivity contribution in [3.63, 3.8) is 0 Å². The molecule has 1 aliphatic rings. The predicted octanol–water partition coefficient (Wildman–Crippen LogP) is 2.98. The maximum atomic E-state index is 12.7. The molecule has 0 atom stereocenters. The average Bonchev–Trinajstić information content (AvgIpc) is 3.08. The summed E-state index contributed by atoms with van der Waals surface area (Å²) in [5, 5.41) is 12.8. The lowest BCUT2D eigenvalue weighted by molar-refractivity contribution is -0.402. The van der Waals surface area contributed by atoms with E-state index >= 15 is 0 Å². The first-order chi connectivity index (χ1) is 12.8. The molecule has 9 heteroatoms. The smallest absolute Gasteiger partial charge is 0.401 e. The lowest BCUT2D eigenvalue weighted by Crippen LogP contribution is -2.54. The van der Waals surface area contributed by atoms with Crippen LogP contribution in [0.15, 0.2) is 46.4 Å². The maximum Gasteiger partial charge on any atom is 0.433 e. The number of nitrogens with one attached hydrogen (secondary N) is 1. The molecule has 1 aliphatic heterocycles. The molecule has 4 amide bonds. The van der Waals surface area contributed by atoms with Crippen LogP contribution in [0.3, 0.4) is 0 Å². The summed E-state index contributed by atoms with van der Waals surface area (Å²) in [6, 6.07) is 8.28. The molecule has 0 spiro atoms. The Labute approximate surface area is 153 Å². The third kappa shape index (κ3) is 3.47. The van der Waals surface area contributed by atoms with Crippen molar-refractivity contribution in [3.8, 4) is 0 Å². The molecule has 9 nitrogen and oxygen atoms in total. The summed E-state index contributed by atoms with van der Waals surface area (Å²) in [5.74, 6) is -2.05. The van der Waals surface area contributed by atoms with Gasteiger partial charge in [0.1, 0.15) is 16.3 Å². The van der Waals surface area contributed by atoms with E-state index in [1.54, 1.807) is 24.3 Å². The molecule has 0 bridgehead atoms. The summed E-state index contributed by atoms with van der Waals surface area (Å²) in [4.78, 5) is 47.7. The van der Waals surface area contributed by atoms with Gasteiger partial charge in [-0.2, -0.15) is 0 Å². The quantitative estimate of drug-likeness (QED) is 0.382. The Morgan fingerprint density at radius 1 is 1.11 bits per heavy atom. The van der Waals surface area contributed by atoms with E-state index in [1.165, 1.54) is 6.07 Å². The van der Waals surface area contributed by atoms with Crippen LogP contribution in [-0.4, -0.2) is 22.8 Å². The number of carbonyl (C=O) groups is 3. The highest BCUT2D eigenvalue weighted by Crippen LogP contribution is 2.25. The third-order valence-electron chi connectivity index (χ3n) is 4.00. The minimum Gasteiger partial charge on any atom is -0.401 e. The topological polar surface area (TPSA) is 123 Å². The minimum atomic E-state index is -0.904. The molecule has 138 valence electrons. The van der Waals surface area contributed by atoms with E-state index in [9.17, 15) is 24.5 Å². The maximum absolute atomic E-state index is 12.7. The molecule has 0 aliphatic carbocycles. The molecule has 1 saturated heterocycles. The minimum absolute atomic E-state index is 0.0512. The fourth-order valence-corrected chi connectivity index (χ4v) is 2.56. The van der Waals surface area contributed by atoms with Crippen LogP contribution in [0.2, 0.25) is 0 Å². The molecule has 1 aromatic heterocycles. The largest absolute Gasteiger partial charge is 0.433 e. The number of hydrogen-bond acceptors (Lipinski definition) is 6. The van der Waals surface area contributed by atoms with E-state index in [0.29, 0.717) is 5.69 Å². The molecule has 27 heavy (non-hydrogen) atoms. The van der Waals surface area contributed by atoms with Crippen LogP contribution in [0.4, 0.5) is 16.4 Å². The van der Waals surface area contributed by atoms with E-state index in [2.05, 4.69) is 5.32 Å². The Morgan fingerprint density at radius 2 is 1.78 bits per heavy atom. The summed E-state index contributed by atoms with van der Waals surface area (Å²) in [5.41, 5.74) is 0.955. The molecule has 3 rings (SSSR count). The predicted molar refractivity (Wildman–Crippen MR) is 94.9 cm³/mol. The Kier molecular flexibility index (Phi) is 4.59. The van der Waals surface area contributed by atoms with Crippen molar-refractivity contribution in [3.05, 3.63) is 63.4 Å². The lowest BCUT2D eigenvalue weighted by Gasteiger charge is -2.26. The van der Waals surface area contributed by atoms with Gasteiger partial charge in [-0.15, -0.1) is 0 Å². The first kappa shape index (κ1) is 18.1. The summed E-state index contributed by atoms with van der Waals surface area (Å²) >= 11 is 0. The molecule has 2 aromatic rings. The van der Waals surface area contributed by atoms with Crippen LogP contribution in [-0.2, 0) is 9.59 Å². The van der Waals surface area contributed by atoms with Gasteiger partial charge in [0, 0.05) is 0 Å². The van der Waals surface area contributed by atoms with Crippen molar-refractivity contribution in [1.29, 1.82) is 0 Å². The van der Waals surface area contributed by atoms with Crippen molar-refractivity contribution < 1.29 is 23.7 Å². The highest BCUT2D eigenvalue weighted by molar-refractivity contribution is 6.39. The van der Waals surface area contributed by atoms with E-state index in [0.717, 1.165) is 22.6 Å². The zero-order valence-electron chi connectivity index (χ0n) is 14.5. The number of amides is 4. The summed E-state index contributed by atoms with van der Waals surface area (Å²) in [6.45, 7) is 4.02. The molecule has 0 unspecified atom stereocenters. The van der Waals surface area contributed by atoms with Gasteiger partial charge in [-0.05, 0) is 35.8 Å². The second-order valence-corrected chi connectivity index (χ2v) is 6.14. The second kappa shape index (κ2) is 6.87. The number of imide groups is 2. The number of barbiturate groups is 1. The fourth-order valence-electron chi connectivity index (χ4n) is 2.56.